The first kappa shape index (κ1) is 11.7. The van der Waals surface area contributed by atoms with Crippen molar-refractivity contribution in [2.24, 2.45) is 5.41 Å². The molecule has 0 spiro atoms. The van der Waals surface area contributed by atoms with Gasteiger partial charge in [0.15, 0.2) is 0 Å². The summed E-state index contributed by atoms with van der Waals surface area (Å²) in [6.45, 7) is 6.52. The molecule has 0 saturated heterocycles. The molecule has 0 atom stereocenters. The van der Waals surface area contributed by atoms with Crippen LogP contribution in [0, 0.1) is 5.41 Å². The maximum atomic E-state index is 11.4. The molecule has 0 saturated carbocycles. The Hall–Kier alpha value is -1.38. The van der Waals surface area contributed by atoms with Gasteiger partial charge in [-0.15, -0.1) is 0 Å². The molecular weight excluding hydrogens is 188 g/mol. The van der Waals surface area contributed by atoms with Crippen LogP contribution in [0.25, 0.3) is 0 Å². The molecule has 1 heterocycles. The largest absolute Gasteiger partial charge is 0.354 e. The zero-order chi connectivity index (χ0) is 11.5. The number of rotatable bonds is 2. The molecule has 1 aromatic heterocycles. The van der Waals surface area contributed by atoms with Gasteiger partial charge in [-0.3, -0.25) is 9.78 Å². The van der Waals surface area contributed by atoms with Crippen LogP contribution in [0.1, 0.15) is 36.8 Å². The molecule has 0 aliphatic carbocycles. The van der Waals surface area contributed by atoms with Crippen LogP contribution in [0.4, 0.5) is 0 Å². The third-order valence-electron chi connectivity index (χ3n) is 2.02. The van der Waals surface area contributed by atoms with E-state index in [0.717, 1.165) is 12.0 Å². The van der Waals surface area contributed by atoms with Crippen LogP contribution in [0.5, 0.6) is 0 Å². The van der Waals surface area contributed by atoms with Crippen molar-refractivity contribution in [3.8, 4) is 0 Å². The van der Waals surface area contributed by atoms with Crippen LogP contribution in [-0.4, -0.2) is 17.9 Å². The second-order valence-electron chi connectivity index (χ2n) is 4.87. The van der Waals surface area contributed by atoms with Crippen LogP contribution in [0.3, 0.4) is 0 Å². The zero-order valence-electron chi connectivity index (χ0n) is 9.79. The maximum absolute atomic E-state index is 11.4. The van der Waals surface area contributed by atoms with Crippen LogP contribution in [0.2, 0.25) is 0 Å². The van der Waals surface area contributed by atoms with Crippen molar-refractivity contribution in [3.63, 3.8) is 0 Å². The van der Waals surface area contributed by atoms with Crippen LogP contribution < -0.4 is 5.32 Å². The van der Waals surface area contributed by atoms with Gasteiger partial charge in [-0.1, -0.05) is 20.8 Å². The fourth-order valence-corrected chi connectivity index (χ4v) is 1.45. The number of carbonyl (C=O) groups excluding carboxylic acids is 1. The Morgan fingerprint density at radius 1 is 1.47 bits per heavy atom. The van der Waals surface area contributed by atoms with E-state index in [-0.39, 0.29) is 11.3 Å². The Morgan fingerprint density at radius 2 is 2.13 bits per heavy atom. The fourth-order valence-electron chi connectivity index (χ4n) is 1.45. The summed E-state index contributed by atoms with van der Waals surface area (Å²) in [5.74, 6) is -0.134. The zero-order valence-corrected chi connectivity index (χ0v) is 9.79. The lowest BCUT2D eigenvalue weighted by atomic mass is 9.88. The lowest BCUT2D eigenvalue weighted by Crippen LogP contribution is -2.19. The molecule has 3 nitrogen and oxygen atoms in total. The Morgan fingerprint density at radius 3 is 2.67 bits per heavy atom. The topological polar surface area (TPSA) is 42.0 Å². The second kappa shape index (κ2) is 4.43. The Balaban J connectivity index is 2.88. The van der Waals surface area contributed by atoms with E-state index in [1.807, 2.05) is 12.1 Å². The number of hydrogen-bond acceptors (Lipinski definition) is 2. The molecule has 82 valence electrons. The Labute approximate surface area is 90.9 Å². The summed E-state index contributed by atoms with van der Waals surface area (Å²) in [7, 11) is 1.61. The number of nitrogens with zero attached hydrogens (tertiary/aromatic N) is 1. The van der Waals surface area contributed by atoms with E-state index in [9.17, 15) is 4.79 Å². The van der Waals surface area contributed by atoms with E-state index in [1.54, 1.807) is 13.2 Å². The second-order valence-corrected chi connectivity index (χ2v) is 4.87. The van der Waals surface area contributed by atoms with Crippen molar-refractivity contribution in [3.05, 3.63) is 29.6 Å². The van der Waals surface area contributed by atoms with Crippen molar-refractivity contribution >= 4 is 5.91 Å². The first-order valence-corrected chi connectivity index (χ1v) is 5.09. The van der Waals surface area contributed by atoms with Crippen LogP contribution in [0.15, 0.2) is 18.3 Å². The van der Waals surface area contributed by atoms with Gasteiger partial charge in [0.05, 0.1) is 0 Å². The quantitative estimate of drug-likeness (QED) is 0.804. The van der Waals surface area contributed by atoms with Gasteiger partial charge in [0.1, 0.15) is 5.69 Å². The summed E-state index contributed by atoms with van der Waals surface area (Å²) in [5, 5.41) is 2.57. The van der Waals surface area contributed by atoms with E-state index < -0.39 is 0 Å². The van der Waals surface area contributed by atoms with E-state index in [2.05, 4.69) is 31.1 Å². The minimum Gasteiger partial charge on any atom is -0.354 e. The van der Waals surface area contributed by atoms with Gasteiger partial charge in [-0.25, -0.2) is 0 Å². The summed E-state index contributed by atoms with van der Waals surface area (Å²) in [5.41, 5.74) is 1.86. The number of nitrogens with one attached hydrogen (secondary N) is 1. The molecule has 1 amide bonds. The highest BCUT2D eigenvalue weighted by molar-refractivity contribution is 5.92. The third-order valence-corrected chi connectivity index (χ3v) is 2.02. The molecule has 1 N–H and O–H groups in total. The predicted molar refractivity (Wildman–Crippen MR) is 60.8 cm³/mol. The van der Waals surface area contributed by atoms with E-state index >= 15 is 0 Å². The highest BCUT2D eigenvalue weighted by atomic mass is 16.1. The van der Waals surface area contributed by atoms with Crippen molar-refractivity contribution in [1.82, 2.24) is 10.3 Å². The number of hydrogen-bond donors (Lipinski definition) is 1. The fraction of sp³-hybridized carbons (Fsp3) is 0.500. The van der Waals surface area contributed by atoms with Crippen LogP contribution >= 0.6 is 0 Å². The molecule has 0 aliphatic rings. The van der Waals surface area contributed by atoms with Gasteiger partial charge in [0, 0.05) is 13.2 Å². The van der Waals surface area contributed by atoms with Crippen molar-refractivity contribution < 1.29 is 4.79 Å². The summed E-state index contributed by atoms with van der Waals surface area (Å²) in [6.07, 6.45) is 2.63. The molecule has 0 bridgehead atoms. The number of amides is 1. The SMILES string of the molecule is CNC(=O)c1cc(CC(C)(C)C)ccn1. The maximum Gasteiger partial charge on any atom is 0.269 e. The first-order valence-electron chi connectivity index (χ1n) is 5.09. The first-order chi connectivity index (χ1) is 6.92. The molecule has 0 unspecified atom stereocenters. The van der Waals surface area contributed by atoms with Crippen molar-refractivity contribution in [2.45, 2.75) is 27.2 Å². The minimum atomic E-state index is -0.134. The van der Waals surface area contributed by atoms with Crippen molar-refractivity contribution in [2.75, 3.05) is 7.05 Å². The summed E-state index contributed by atoms with van der Waals surface area (Å²) >= 11 is 0. The summed E-state index contributed by atoms with van der Waals surface area (Å²) in [4.78, 5) is 15.4. The minimum absolute atomic E-state index is 0.134. The Bertz CT molecular complexity index is 353. The summed E-state index contributed by atoms with van der Waals surface area (Å²) < 4.78 is 0. The third kappa shape index (κ3) is 3.70. The summed E-state index contributed by atoms with van der Waals surface area (Å²) in [6, 6.07) is 3.81. The van der Waals surface area contributed by atoms with Gasteiger partial charge in [-0.2, -0.15) is 0 Å². The highest BCUT2D eigenvalue weighted by Crippen LogP contribution is 2.20. The molecule has 1 rings (SSSR count). The van der Waals surface area contributed by atoms with Gasteiger partial charge < -0.3 is 5.32 Å². The van der Waals surface area contributed by atoms with E-state index in [1.165, 1.54) is 0 Å². The lowest BCUT2D eigenvalue weighted by Gasteiger charge is -2.18. The van der Waals surface area contributed by atoms with Gasteiger partial charge >= 0.3 is 0 Å². The normalized spacial score (nSPS) is 11.2. The molecule has 3 heteroatoms. The van der Waals surface area contributed by atoms with E-state index in [4.69, 9.17) is 0 Å². The molecule has 0 radical (unpaired) electrons. The molecular formula is C12H18N2O. The Kier molecular flexibility index (Phi) is 3.45. The molecule has 0 fully saturated rings. The molecule has 1 aromatic rings. The molecule has 0 aromatic carbocycles. The average molecular weight is 206 g/mol. The standard InChI is InChI=1S/C12H18N2O/c1-12(2,3)8-9-5-6-14-10(7-9)11(15)13-4/h5-7H,8H2,1-4H3,(H,13,15). The number of carbonyl (C=O) groups is 1. The van der Waals surface area contributed by atoms with Gasteiger partial charge in [0.25, 0.3) is 5.91 Å². The van der Waals surface area contributed by atoms with E-state index in [0.29, 0.717) is 5.69 Å². The molecule has 15 heavy (non-hydrogen) atoms. The van der Waals surface area contributed by atoms with Crippen LogP contribution in [-0.2, 0) is 6.42 Å². The lowest BCUT2D eigenvalue weighted by molar-refractivity contribution is 0.0958. The smallest absolute Gasteiger partial charge is 0.269 e. The van der Waals surface area contributed by atoms with Gasteiger partial charge in [0.2, 0.25) is 0 Å². The average Bonchev–Trinajstić information content (AvgIpc) is 2.14. The highest BCUT2D eigenvalue weighted by Gasteiger charge is 2.13. The molecule has 0 aliphatic heterocycles. The number of pyridine rings is 1. The predicted octanol–water partition coefficient (Wildman–Crippen LogP) is 2.03. The van der Waals surface area contributed by atoms with Gasteiger partial charge in [-0.05, 0) is 29.5 Å². The monoisotopic (exact) mass is 206 g/mol. The van der Waals surface area contributed by atoms with Crippen molar-refractivity contribution in [1.29, 1.82) is 0 Å². The number of aromatic nitrogens is 1.